The number of nitrogens with two attached hydrogens (primary N) is 1. The summed E-state index contributed by atoms with van der Waals surface area (Å²) in [5.74, 6) is 5.13. The molecule has 0 radical (unpaired) electrons. The Balaban J connectivity index is 2.35. The minimum atomic E-state index is 0.550. The summed E-state index contributed by atoms with van der Waals surface area (Å²) < 4.78 is 2.00. The van der Waals surface area contributed by atoms with Crippen LogP contribution in [0.5, 0.6) is 0 Å². The van der Waals surface area contributed by atoms with Crippen LogP contribution < -0.4 is 5.73 Å². The largest absolute Gasteiger partial charge is 0.384 e. The maximum absolute atomic E-state index is 6.05. The molecule has 0 aromatic carbocycles. The van der Waals surface area contributed by atoms with Gasteiger partial charge < -0.3 is 10.3 Å². The lowest BCUT2D eigenvalue weighted by Crippen LogP contribution is -2.05. The SMILES string of the molecule is C#CCn1c(C2CC2)nc(CCC)c1N. The Morgan fingerprint density at radius 2 is 2.33 bits per heavy atom. The third kappa shape index (κ3) is 1.85. The minimum absolute atomic E-state index is 0.550. The molecule has 2 rings (SSSR count). The third-order valence-electron chi connectivity index (χ3n) is 2.79. The van der Waals surface area contributed by atoms with Gasteiger partial charge in [0.2, 0.25) is 0 Å². The number of aryl methyl sites for hydroxylation is 1. The molecule has 1 aromatic rings. The van der Waals surface area contributed by atoms with Gasteiger partial charge in [-0.2, -0.15) is 0 Å². The highest BCUT2D eigenvalue weighted by molar-refractivity contribution is 5.40. The van der Waals surface area contributed by atoms with Gasteiger partial charge in [-0.25, -0.2) is 4.98 Å². The molecule has 0 aliphatic heterocycles. The molecule has 2 N–H and O–H groups in total. The summed E-state index contributed by atoms with van der Waals surface area (Å²) in [6.45, 7) is 2.69. The zero-order chi connectivity index (χ0) is 10.8. The van der Waals surface area contributed by atoms with E-state index < -0.39 is 0 Å². The number of nitrogens with zero attached hydrogens (tertiary/aromatic N) is 2. The van der Waals surface area contributed by atoms with Gasteiger partial charge in [0.1, 0.15) is 11.6 Å². The predicted molar refractivity (Wildman–Crippen MR) is 61.4 cm³/mol. The number of anilines is 1. The smallest absolute Gasteiger partial charge is 0.127 e. The molecule has 0 unspecified atom stereocenters. The highest BCUT2D eigenvalue weighted by Gasteiger charge is 2.30. The van der Waals surface area contributed by atoms with Crippen LogP contribution in [0.3, 0.4) is 0 Å². The van der Waals surface area contributed by atoms with Gasteiger partial charge in [0, 0.05) is 5.92 Å². The Labute approximate surface area is 90.7 Å². The van der Waals surface area contributed by atoms with Crippen LogP contribution in [0.25, 0.3) is 0 Å². The van der Waals surface area contributed by atoms with E-state index in [1.807, 2.05) is 4.57 Å². The number of hydrogen-bond donors (Lipinski definition) is 1. The first kappa shape index (κ1) is 10.1. The van der Waals surface area contributed by atoms with E-state index in [4.69, 9.17) is 12.2 Å². The molecule has 1 saturated carbocycles. The highest BCUT2D eigenvalue weighted by atomic mass is 15.1. The van der Waals surface area contributed by atoms with Crippen LogP contribution in [0.1, 0.15) is 43.6 Å². The second kappa shape index (κ2) is 3.98. The first-order chi connectivity index (χ1) is 7.27. The molecule has 0 amide bonds. The molecular weight excluding hydrogens is 186 g/mol. The summed E-state index contributed by atoms with van der Waals surface area (Å²) in [5.41, 5.74) is 7.07. The molecule has 1 aliphatic rings. The summed E-state index contributed by atoms with van der Waals surface area (Å²) in [4.78, 5) is 4.62. The van der Waals surface area contributed by atoms with Gasteiger partial charge in [-0.05, 0) is 19.3 Å². The topological polar surface area (TPSA) is 43.8 Å². The Hall–Kier alpha value is -1.43. The van der Waals surface area contributed by atoms with E-state index >= 15 is 0 Å². The van der Waals surface area contributed by atoms with Crippen molar-refractivity contribution in [2.45, 2.75) is 45.1 Å². The Bertz CT molecular complexity index is 394. The maximum Gasteiger partial charge on any atom is 0.127 e. The maximum atomic E-state index is 6.05. The number of imidazole rings is 1. The minimum Gasteiger partial charge on any atom is -0.384 e. The standard InChI is InChI=1S/C12H17N3/c1-3-5-10-11(13)15(8-4-2)12(14-10)9-6-7-9/h2,9H,3,5-8,13H2,1H3. The highest BCUT2D eigenvalue weighted by Crippen LogP contribution is 2.40. The molecule has 0 atom stereocenters. The lowest BCUT2D eigenvalue weighted by molar-refractivity contribution is 0.762. The van der Waals surface area contributed by atoms with Gasteiger partial charge in [0.25, 0.3) is 0 Å². The van der Waals surface area contributed by atoms with Crippen molar-refractivity contribution in [1.29, 1.82) is 0 Å². The van der Waals surface area contributed by atoms with Gasteiger partial charge in [-0.3, -0.25) is 0 Å². The molecule has 80 valence electrons. The van der Waals surface area contributed by atoms with Crippen molar-refractivity contribution < 1.29 is 0 Å². The molecule has 1 fully saturated rings. The molecule has 15 heavy (non-hydrogen) atoms. The van der Waals surface area contributed by atoms with Crippen molar-refractivity contribution in [2.24, 2.45) is 0 Å². The number of nitrogen functional groups attached to an aromatic ring is 1. The van der Waals surface area contributed by atoms with E-state index in [2.05, 4.69) is 17.8 Å². The lowest BCUT2D eigenvalue weighted by atomic mass is 10.2. The Kier molecular flexibility index (Phi) is 2.68. The van der Waals surface area contributed by atoms with Crippen LogP contribution in [0.4, 0.5) is 5.82 Å². The molecule has 0 spiro atoms. The molecule has 1 aliphatic carbocycles. The predicted octanol–water partition coefficient (Wildman–Crippen LogP) is 1.93. The summed E-state index contributed by atoms with van der Waals surface area (Å²) in [6.07, 6.45) is 9.82. The van der Waals surface area contributed by atoms with Gasteiger partial charge in [-0.1, -0.05) is 19.3 Å². The molecular formula is C12H17N3. The number of terminal acetylenes is 1. The summed E-state index contributed by atoms with van der Waals surface area (Å²) in [6, 6.07) is 0. The van der Waals surface area contributed by atoms with Crippen molar-refractivity contribution >= 4 is 5.82 Å². The normalized spacial score (nSPS) is 15.2. The molecule has 1 aromatic heterocycles. The van der Waals surface area contributed by atoms with Crippen LogP contribution in [0.2, 0.25) is 0 Å². The van der Waals surface area contributed by atoms with E-state index in [0.29, 0.717) is 12.5 Å². The quantitative estimate of drug-likeness (QED) is 0.760. The van der Waals surface area contributed by atoms with Crippen molar-refractivity contribution in [1.82, 2.24) is 9.55 Å². The van der Waals surface area contributed by atoms with Gasteiger partial charge in [-0.15, -0.1) is 6.42 Å². The Morgan fingerprint density at radius 1 is 1.60 bits per heavy atom. The fourth-order valence-corrected chi connectivity index (χ4v) is 1.87. The van der Waals surface area contributed by atoms with Crippen molar-refractivity contribution in [3.05, 3.63) is 11.5 Å². The first-order valence-corrected chi connectivity index (χ1v) is 5.56. The van der Waals surface area contributed by atoms with Gasteiger partial charge in [0.15, 0.2) is 0 Å². The summed E-state index contributed by atoms with van der Waals surface area (Å²) >= 11 is 0. The molecule has 3 nitrogen and oxygen atoms in total. The first-order valence-electron chi connectivity index (χ1n) is 5.56. The number of hydrogen-bond acceptors (Lipinski definition) is 2. The van der Waals surface area contributed by atoms with E-state index in [1.54, 1.807) is 0 Å². The summed E-state index contributed by atoms with van der Waals surface area (Å²) in [7, 11) is 0. The summed E-state index contributed by atoms with van der Waals surface area (Å²) in [5, 5.41) is 0. The van der Waals surface area contributed by atoms with E-state index in [9.17, 15) is 0 Å². The number of aromatic nitrogens is 2. The molecule has 0 saturated heterocycles. The van der Waals surface area contributed by atoms with Crippen molar-refractivity contribution in [3.8, 4) is 12.3 Å². The Morgan fingerprint density at radius 3 is 2.87 bits per heavy atom. The van der Waals surface area contributed by atoms with Crippen LogP contribution in [-0.4, -0.2) is 9.55 Å². The zero-order valence-electron chi connectivity index (χ0n) is 9.16. The monoisotopic (exact) mass is 203 g/mol. The van der Waals surface area contributed by atoms with E-state index in [1.165, 1.54) is 12.8 Å². The third-order valence-corrected chi connectivity index (χ3v) is 2.79. The molecule has 0 bridgehead atoms. The van der Waals surface area contributed by atoms with Crippen LogP contribution in [0.15, 0.2) is 0 Å². The van der Waals surface area contributed by atoms with Crippen LogP contribution >= 0.6 is 0 Å². The average molecular weight is 203 g/mol. The average Bonchev–Trinajstić information content (AvgIpc) is 3.00. The van der Waals surface area contributed by atoms with Crippen molar-refractivity contribution in [3.63, 3.8) is 0 Å². The molecule has 3 heteroatoms. The van der Waals surface area contributed by atoms with Crippen molar-refractivity contribution in [2.75, 3.05) is 5.73 Å². The lowest BCUT2D eigenvalue weighted by Gasteiger charge is -2.04. The second-order valence-corrected chi connectivity index (χ2v) is 4.12. The fourth-order valence-electron chi connectivity index (χ4n) is 1.87. The zero-order valence-corrected chi connectivity index (χ0v) is 9.16. The fraction of sp³-hybridized carbons (Fsp3) is 0.583. The number of rotatable bonds is 4. The second-order valence-electron chi connectivity index (χ2n) is 4.12. The molecule has 1 heterocycles. The van der Waals surface area contributed by atoms with Crippen LogP contribution in [0, 0.1) is 12.3 Å². The van der Waals surface area contributed by atoms with E-state index in [0.717, 1.165) is 30.2 Å². The van der Waals surface area contributed by atoms with E-state index in [-0.39, 0.29) is 0 Å². The van der Waals surface area contributed by atoms with Gasteiger partial charge in [0.05, 0.1) is 12.2 Å². The van der Waals surface area contributed by atoms with Crippen LogP contribution in [-0.2, 0) is 13.0 Å². The van der Waals surface area contributed by atoms with Gasteiger partial charge >= 0.3 is 0 Å².